The van der Waals surface area contributed by atoms with E-state index in [0.717, 1.165) is 12.8 Å². The fourth-order valence-corrected chi connectivity index (χ4v) is 2.33. The Hall–Kier alpha value is -1.11. The van der Waals surface area contributed by atoms with E-state index in [2.05, 4.69) is 4.98 Å². The van der Waals surface area contributed by atoms with Crippen molar-refractivity contribution >= 4 is 12.6 Å². The Morgan fingerprint density at radius 2 is 1.75 bits per heavy atom. The molecule has 3 N–H and O–H groups in total. The first-order valence-electron chi connectivity index (χ1n) is 6.99. The maximum Gasteiger partial charge on any atom is 0.496 e. The van der Waals surface area contributed by atoms with Crippen molar-refractivity contribution in [2.75, 3.05) is 0 Å². The van der Waals surface area contributed by atoms with Gasteiger partial charge in [0.2, 0.25) is 0 Å². The Kier molecular flexibility index (Phi) is 2.75. The van der Waals surface area contributed by atoms with Crippen LogP contribution in [0.1, 0.15) is 46.2 Å². The maximum atomic E-state index is 10.1. The van der Waals surface area contributed by atoms with Crippen LogP contribution < -0.4 is 11.2 Å². The van der Waals surface area contributed by atoms with Gasteiger partial charge in [-0.1, -0.05) is 0 Å². The SMILES string of the molecule is CC1(C)OB(c2cnc(C3(N)CC3)c(O)c2)OC1(C)C. The lowest BCUT2D eigenvalue weighted by Crippen LogP contribution is -2.41. The van der Waals surface area contributed by atoms with Gasteiger partial charge >= 0.3 is 7.12 Å². The van der Waals surface area contributed by atoms with Crippen LogP contribution >= 0.6 is 0 Å². The second-order valence-corrected chi connectivity index (χ2v) is 6.88. The summed E-state index contributed by atoms with van der Waals surface area (Å²) in [6, 6.07) is 1.65. The van der Waals surface area contributed by atoms with Gasteiger partial charge in [0, 0.05) is 11.7 Å². The molecule has 0 spiro atoms. The van der Waals surface area contributed by atoms with Crippen LogP contribution in [0.15, 0.2) is 12.3 Å². The summed E-state index contributed by atoms with van der Waals surface area (Å²) in [4.78, 5) is 4.32. The van der Waals surface area contributed by atoms with E-state index in [0.29, 0.717) is 11.2 Å². The van der Waals surface area contributed by atoms with E-state index in [4.69, 9.17) is 15.0 Å². The summed E-state index contributed by atoms with van der Waals surface area (Å²) in [6.45, 7) is 7.98. The minimum Gasteiger partial charge on any atom is -0.506 e. The van der Waals surface area contributed by atoms with Crippen molar-refractivity contribution in [3.8, 4) is 5.75 Å². The number of rotatable bonds is 2. The third kappa shape index (κ3) is 2.03. The molecule has 6 heteroatoms. The van der Waals surface area contributed by atoms with Crippen LogP contribution in [0.25, 0.3) is 0 Å². The molecule has 0 atom stereocenters. The van der Waals surface area contributed by atoms with E-state index in [1.807, 2.05) is 27.7 Å². The Bertz CT molecular complexity index is 539. The van der Waals surface area contributed by atoms with Crippen molar-refractivity contribution < 1.29 is 14.4 Å². The van der Waals surface area contributed by atoms with Crippen molar-refractivity contribution in [2.24, 2.45) is 5.73 Å². The van der Waals surface area contributed by atoms with Gasteiger partial charge in [0.25, 0.3) is 0 Å². The minimum absolute atomic E-state index is 0.122. The lowest BCUT2D eigenvalue weighted by atomic mass is 9.80. The van der Waals surface area contributed by atoms with Gasteiger partial charge in [-0.05, 0) is 46.6 Å². The highest BCUT2D eigenvalue weighted by molar-refractivity contribution is 6.62. The lowest BCUT2D eigenvalue weighted by Gasteiger charge is -2.32. The molecular formula is C14H21BN2O3. The Morgan fingerprint density at radius 3 is 2.20 bits per heavy atom. The third-order valence-electron chi connectivity index (χ3n) is 4.67. The molecule has 2 heterocycles. The van der Waals surface area contributed by atoms with Crippen molar-refractivity contribution in [1.29, 1.82) is 0 Å². The average Bonchev–Trinajstić information content (AvgIpc) is 3.01. The topological polar surface area (TPSA) is 77.6 Å². The zero-order chi connectivity index (χ0) is 14.8. The molecular weight excluding hydrogens is 255 g/mol. The fraction of sp³-hybridized carbons (Fsp3) is 0.643. The summed E-state index contributed by atoms with van der Waals surface area (Å²) in [7, 11) is -0.514. The highest BCUT2D eigenvalue weighted by Gasteiger charge is 2.52. The highest BCUT2D eigenvalue weighted by atomic mass is 16.7. The Labute approximate surface area is 119 Å². The molecule has 0 bridgehead atoms. The van der Waals surface area contributed by atoms with Gasteiger partial charge in [-0.25, -0.2) is 0 Å². The van der Waals surface area contributed by atoms with Crippen molar-refractivity contribution in [2.45, 2.75) is 57.3 Å². The summed E-state index contributed by atoms with van der Waals surface area (Å²) in [5.41, 5.74) is 6.10. The molecule has 0 amide bonds. The average molecular weight is 276 g/mol. The van der Waals surface area contributed by atoms with Crippen LogP contribution in [0.3, 0.4) is 0 Å². The molecule has 0 radical (unpaired) electrons. The molecule has 1 aromatic heterocycles. The van der Waals surface area contributed by atoms with Gasteiger partial charge < -0.3 is 20.1 Å². The monoisotopic (exact) mass is 276 g/mol. The molecule has 5 nitrogen and oxygen atoms in total. The van der Waals surface area contributed by atoms with Gasteiger partial charge in [0.05, 0.1) is 16.7 Å². The molecule has 2 aliphatic rings. The first kappa shape index (κ1) is 13.9. The molecule has 1 aliphatic carbocycles. The second-order valence-electron chi connectivity index (χ2n) is 6.88. The number of hydrogen-bond donors (Lipinski definition) is 2. The van der Waals surface area contributed by atoms with E-state index < -0.39 is 23.9 Å². The summed E-state index contributed by atoms with van der Waals surface area (Å²) >= 11 is 0. The van der Waals surface area contributed by atoms with E-state index in [1.165, 1.54) is 0 Å². The van der Waals surface area contributed by atoms with Crippen LogP contribution in [0.2, 0.25) is 0 Å². The minimum atomic E-state index is -0.514. The van der Waals surface area contributed by atoms with Crippen LogP contribution in [0.4, 0.5) is 0 Å². The van der Waals surface area contributed by atoms with Crippen molar-refractivity contribution in [3.63, 3.8) is 0 Å². The predicted octanol–water partition coefficient (Wildman–Crippen LogP) is 1.03. The van der Waals surface area contributed by atoms with Gasteiger partial charge in [0.15, 0.2) is 0 Å². The molecule has 1 aromatic rings. The number of aromatic nitrogens is 1. The lowest BCUT2D eigenvalue weighted by molar-refractivity contribution is 0.00578. The first-order valence-corrected chi connectivity index (χ1v) is 6.99. The number of aromatic hydroxyl groups is 1. The Morgan fingerprint density at radius 1 is 1.20 bits per heavy atom. The molecule has 1 aliphatic heterocycles. The molecule has 20 heavy (non-hydrogen) atoms. The summed E-state index contributed by atoms with van der Waals surface area (Å²) in [6.07, 6.45) is 3.41. The first-order chi connectivity index (χ1) is 9.15. The Balaban J connectivity index is 1.88. The summed E-state index contributed by atoms with van der Waals surface area (Å²) in [5, 5.41) is 10.1. The van der Waals surface area contributed by atoms with Gasteiger partial charge in [0.1, 0.15) is 11.4 Å². The molecule has 1 saturated heterocycles. The smallest absolute Gasteiger partial charge is 0.496 e. The van der Waals surface area contributed by atoms with E-state index in [1.54, 1.807) is 12.3 Å². The quantitative estimate of drug-likeness (QED) is 0.789. The summed E-state index contributed by atoms with van der Waals surface area (Å²) < 4.78 is 11.9. The largest absolute Gasteiger partial charge is 0.506 e. The molecule has 0 aromatic carbocycles. The maximum absolute atomic E-state index is 10.1. The normalized spacial score (nSPS) is 25.8. The van der Waals surface area contributed by atoms with Crippen LogP contribution in [-0.4, -0.2) is 28.4 Å². The molecule has 0 unspecified atom stereocenters. The van der Waals surface area contributed by atoms with Gasteiger partial charge in [-0.15, -0.1) is 0 Å². The standard InChI is InChI=1S/C14H21BN2O3/c1-12(2)13(3,4)20-15(19-12)9-7-10(18)11(17-8-9)14(16)5-6-14/h7-8,18H,5-6,16H2,1-4H3. The number of hydrogen-bond acceptors (Lipinski definition) is 5. The van der Waals surface area contributed by atoms with E-state index >= 15 is 0 Å². The third-order valence-corrected chi connectivity index (χ3v) is 4.67. The van der Waals surface area contributed by atoms with Crippen molar-refractivity contribution in [3.05, 3.63) is 18.0 Å². The number of pyridine rings is 1. The van der Waals surface area contributed by atoms with Crippen LogP contribution in [0, 0.1) is 0 Å². The van der Waals surface area contributed by atoms with Crippen LogP contribution in [-0.2, 0) is 14.8 Å². The van der Waals surface area contributed by atoms with E-state index in [9.17, 15) is 5.11 Å². The zero-order valence-corrected chi connectivity index (χ0v) is 12.4. The predicted molar refractivity (Wildman–Crippen MR) is 76.7 cm³/mol. The van der Waals surface area contributed by atoms with E-state index in [-0.39, 0.29) is 5.75 Å². The van der Waals surface area contributed by atoms with Crippen LogP contribution in [0.5, 0.6) is 5.75 Å². The molecule has 3 rings (SSSR count). The van der Waals surface area contributed by atoms with Crippen molar-refractivity contribution in [1.82, 2.24) is 4.98 Å². The van der Waals surface area contributed by atoms with Gasteiger partial charge in [-0.3, -0.25) is 4.98 Å². The zero-order valence-electron chi connectivity index (χ0n) is 12.4. The second kappa shape index (κ2) is 3.96. The molecule has 2 fully saturated rings. The molecule has 108 valence electrons. The van der Waals surface area contributed by atoms with Gasteiger partial charge in [-0.2, -0.15) is 0 Å². The highest BCUT2D eigenvalue weighted by Crippen LogP contribution is 2.44. The fourth-order valence-electron chi connectivity index (χ4n) is 2.33. The number of nitrogens with zero attached hydrogens (tertiary/aromatic N) is 1. The number of nitrogens with two attached hydrogens (primary N) is 1. The summed E-state index contributed by atoms with van der Waals surface area (Å²) in [5.74, 6) is 0.122. The molecule has 1 saturated carbocycles.